The minimum atomic E-state index is -0.564. The third-order valence-corrected chi connectivity index (χ3v) is 2.50. The Bertz CT molecular complexity index is 449. The van der Waals surface area contributed by atoms with Crippen molar-refractivity contribution in [1.29, 1.82) is 0 Å². The summed E-state index contributed by atoms with van der Waals surface area (Å²) in [4.78, 5) is 22.8. The second-order valence-electron chi connectivity index (χ2n) is 4.08. The maximum atomic E-state index is 11.7. The summed E-state index contributed by atoms with van der Waals surface area (Å²) in [7, 11) is 1.28. The Labute approximate surface area is 112 Å². The van der Waals surface area contributed by atoms with Crippen LogP contribution >= 0.6 is 0 Å². The number of amides is 2. The lowest BCUT2D eigenvalue weighted by Crippen LogP contribution is -2.35. The highest BCUT2D eigenvalue weighted by Gasteiger charge is 2.12. The first kappa shape index (κ1) is 15.0. The monoisotopic (exact) mass is 265 g/mol. The zero-order valence-corrected chi connectivity index (χ0v) is 11.1. The second kappa shape index (κ2) is 7.38. The molecule has 4 N–H and O–H groups in total. The van der Waals surface area contributed by atoms with Crippen LogP contribution in [0.25, 0.3) is 0 Å². The number of carbonyl (C=O) groups excluding carboxylic acids is 2. The normalized spacial score (nSPS) is 11.5. The van der Waals surface area contributed by atoms with Crippen LogP contribution in [-0.2, 0) is 9.53 Å². The Morgan fingerprint density at radius 2 is 1.95 bits per heavy atom. The number of carbonyl (C=O) groups is 2. The Hall–Kier alpha value is -2.08. The Balaban J connectivity index is 2.66. The van der Waals surface area contributed by atoms with Crippen molar-refractivity contribution < 1.29 is 14.3 Å². The van der Waals surface area contributed by atoms with Crippen LogP contribution in [0.4, 0.5) is 16.2 Å². The Kier molecular flexibility index (Phi) is 5.81. The van der Waals surface area contributed by atoms with Crippen LogP contribution in [0.1, 0.15) is 19.8 Å². The van der Waals surface area contributed by atoms with Crippen molar-refractivity contribution in [2.45, 2.75) is 25.8 Å². The van der Waals surface area contributed by atoms with E-state index in [1.54, 1.807) is 24.3 Å². The molecule has 0 heterocycles. The molecule has 1 aromatic rings. The average Bonchev–Trinajstić information content (AvgIpc) is 2.39. The molecule has 0 aromatic heterocycles. The minimum absolute atomic E-state index is 0.239. The van der Waals surface area contributed by atoms with E-state index in [1.807, 2.05) is 6.92 Å². The molecule has 2 amide bonds. The van der Waals surface area contributed by atoms with Crippen molar-refractivity contribution in [2.24, 2.45) is 5.73 Å². The summed E-state index contributed by atoms with van der Waals surface area (Å²) in [6, 6.07) is 6.24. The molecular formula is C13H19N3O3. The molecule has 0 unspecified atom stereocenters. The van der Waals surface area contributed by atoms with E-state index in [0.29, 0.717) is 17.8 Å². The van der Waals surface area contributed by atoms with Gasteiger partial charge >= 0.3 is 6.09 Å². The fraction of sp³-hybridized carbons (Fsp3) is 0.385. The van der Waals surface area contributed by atoms with E-state index >= 15 is 0 Å². The molecular weight excluding hydrogens is 246 g/mol. The van der Waals surface area contributed by atoms with E-state index in [2.05, 4.69) is 15.4 Å². The van der Waals surface area contributed by atoms with Gasteiger partial charge in [-0.3, -0.25) is 10.1 Å². The molecule has 0 aliphatic carbocycles. The number of nitrogens with one attached hydrogen (secondary N) is 2. The van der Waals surface area contributed by atoms with Gasteiger partial charge in [0.1, 0.15) is 0 Å². The predicted octanol–water partition coefficient (Wildman–Crippen LogP) is 1.93. The summed E-state index contributed by atoms with van der Waals surface area (Å²) in [5, 5.41) is 5.22. The standard InChI is InChI=1S/C13H19N3O3/c1-3-5-11(14)12(17)15-9-6-4-7-10(8-9)16-13(18)19-2/h4,6-8,11H,3,5,14H2,1-2H3,(H,15,17)(H,16,18)/t11-/m0/s1. The summed E-state index contributed by atoms with van der Waals surface area (Å²) < 4.78 is 4.49. The van der Waals surface area contributed by atoms with Gasteiger partial charge in [0.05, 0.1) is 13.2 Å². The van der Waals surface area contributed by atoms with Crippen LogP contribution in [0.15, 0.2) is 24.3 Å². The predicted molar refractivity (Wildman–Crippen MR) is 74.0 cm³/mol. The lowest BCUT2D eigenvalue weighted by atomic mass is 10.1. The zero-order valence-electron chi connectivity index (χ0n) is 11.1. The molecule has 104 valence electrons. The second-order valence-corrected chi connectivity index (χ2v) is 4.08. The third kappa shape index (κ3) is 4.97. The zero-order chi connectivity index (χ0) is 14.3. The van der Waals surface area contributed by atoms with E-state index < -0.39 is 12.1 Å². The van der Waals surface area contributed by atoms with Crippen LogP contribution in [0.5, 0.6) is 0 Å². The molecule has 6 heteroatoms. The van der Waals surface area contributed by atoms with Gasteiger partial charge in [-0.1, -0.05) is 19.4 Å². The molecule has 0 spiro atoms. The number of hydrogen-bond donors (Lipinski definition) is 3. The quantitative estimate of drug-likeness (QED) is 0.758. The summed E-state index contributed by atoms with van der Waals surface area (Å²) >= 11 is 0. The van der Waals surface area contributed by atoms with Gasteiger partial charge in [-0.25, -0.2) is 4.79 Å². The molecule has 0 radical (unpaired) electrons. The number of ether oxygens (including phenoxy) is 1. The molecule has 1 rings (SSSR count). The molecule has 19 heavy (non-hydrogen) atoms. The first-order valence-corrected chi connectivity index (χ1v) is 6.08. The largest absolute Gasteiger partial charge is 0.453 e. The van der Waals surface area contributed by atoms with E-state index in [0.717, 1.165) is 6.42 Å². The van der Waals surface area contributed by atoms with E-state index in [1.165, 1.54) is 7.11 Å². The molecule has 1 atom stereocenters. The Morgan fingerprint density at radius 1 is 1.32 bits per heavy atom. The van der Waals surface area contributed by atoms with Crippen molar-refractivity contribution in [1.82, 2.24) is 0 Å². The van der Waals surface area contributed by atoms with Gasteiger partial charge in [0.25, 0.3) is 0 Å². The number of rotatable bonds is 5. The van der Waals surface area contributed by atoms with Crippen LogP contribution in [0, 0.1) is 0 Å². The molecule has 1 aromatic carbocycles. The number of benzene rings is 1. The van der Waals surface area contributed by atoms with Gasteiger partial charge in [0, 0.05) is 11.4 Å². The van der Waals surface area contributed by atoms with Gasteiger partial charge in [0.2, 0.25) is 5.91 Å². The van der Waals surface area contributed by atoms with Gasteiger partial charge in [-0.2, -0.15) is 0 Å². The van der Waals surface area contributed by atoms with Crippen molar-refractivity contribution >= 4 is 23.4 Å². The van der Waals surface area contributed by atoms with Crippen LogP contribution in [0.2, 0.25) is 0 Å². The number of hydrogen-bond acceptors (Lipinski definition) is 4. The molecule has 0 aliphatic heterocycles. The van der Waals surface area contributed by atoms with Crippen molar-refractivity contribution in [2.75, 3.05) is 17.7 Å². The lowest BCUT2D eigenvalue weighted by molar-refractivity contribution is -0.117. The highest BCUT2D eigenvalue weighted by Crippen LogP contribution is 2.15. The summed E-state index contributed by atoms with van der Waals surface area (Å²) in [5.74, 6) is -0.239. The molecule has 0 saturated heterocycles. The highest BCUT2D eigenvalue weighted by atomic mass is 16.5. The minimum Gasteiger partial charge on any atom is -0.453 e. The average molecular weight is 265 g/mol. The first-order valence-electron chi connectivity index (χ1n) is 6.08. The smallest absolute Gasteiger partial charge is 0.411 e. The van der Waals surface area contributed by atoms with Crippen LogP contribution in [0.3, 0.4) is 0 Å². The molecule has 6 nitrogen and oxygen atoms in total. The molecule has 0 bridgehead atoms. The summed E-state index contributed by atoms with van der Waals surface area (Å²) in [6.45, 7) is 1.97. The van der Waals surface area contributed by atoms with Crippen molar-refractivity contribution in [3.8, 4) is 0 Å². The fourth-order valence-corrected chi connectivity index (χ4v) is 1.52. The summed E-state index contributed by atoms with van der Waals surface area (Å²) in [5.41, 5.74) is 6.82. The van der Waals surface area contributed by atoms with Gasteiger partial charge in [0.15, 0.2) is 0 Å². The first-order chi connectivity index (χ1) is 9.06. The topological polar surface area (TPSA) is 93.5 Å². The highest BCUT2D eigenvalue weighted by molar-refractivity contribution is 5.95. The van der Waals surface area contributed by atoms with Gasteiger partial charge < -0.3 is 15.8 Å². The third-order valence-electron chi connectivity index (χ3n) is 2.50. The van der Waals surface area contributed by atoms with Crippen molar-refractivity contribution in [3.05, 3.63) is 24.3 Å². The maximum Gasteiger partial charge on any atom is 0.411 e. The van der Waals surface area contributed by atoms with Crippen molar-refractivity contribution in [3.63, 3.8) is 0 Å². The van der Waals surface area contributed by atoms with Crippen LogP contribution < -0.4 is 16.4 Å². The van der Waals surface area contributed by atoms with Gasteiger partial charge in [-0.15, -0.1) is 0 Å². The Morgan fingerprint density at radius 3 is 2.53 bits per heavy atom. The number of methoxy groups -OCH3 is 1. The number of anilines is 2. The maximum absolute atomic E-state index is 11.7. The molecule has 0 saturated carbocycles. The van der Waals surface area contributed by atoms with E-state index in [9.17, 15) is 9.59 Å². The van der Waals surface area contributed by atoms with Crippen LogP contribution in [-0.4, -0.2) is 25.2 Å². The molecule has 0 fully saturated rings. The summed E-state index contributed by atoms with van der Waals surface area (Å²) in [6.07, 6.45) is 0.913. The van der Waals surface area contributed by atoms with Gasteiger partial charge in [-0.05, 0) is 24.6 Å². The van der Waals surface area contributed by atoms with E-state index in [-0.39, 0.29) is 5.91 Å². The SMILES string of the molecule is CCC[C@H](N)C(=O)Nc1cccc(NC(=O)OC)c1. The number of nitrogens with two attached hydrogens (primary N) is 1. The lowest BCUT2D eigenvalue weighted by Gasteiger charge is -2.12. The fourth-order valence-electron chi connectivity index (χ4n) is 1.52. The molecule has 0 aliphatic rings. The van der Waals surface area contributed by atoms with E-state index in [4.69, 9.17) is 5.73 Å².